The average molecular weight is 302 g/mol. The molecular formula is C15H21F3N2O. The van der Waals surface area contributed by atoms with E-state index < -0.39 is 18.0 Å². The van der Waals surface area contributed by atoms with Crippen LogP contribution in [0.1, 0.15) is 32.3 Å². The topological polar surface area (TPSA) is 55.1 Å². The van der Waals surface area contributed by atoms with Crippen molar-refractivity contribution in [1.82, 2.24) is 0 Å². The first-order chi connectivity index (χ1) is 9.76. The van der Waals surface area contributed by atoms with E-state index in [4.69, 9.17) is 5.73 Å². The van der Waals surface area contributed by atoms with Gasteiger partial charge in [-0.25, -0.2) is 0 Å². The van der Waals surface area contributed by atoms with E-state index in [1.54, 1.807) is 6.07 Å². The normalized spacial score (nSPS) is 12.3. The minimum atomic E-state index is -4.27. The molecule has 0 aliphatic rings. The standard InChI is InChI=1S/C15H21F3N2O/c1-3-14(4-2,10-19)13(21)20-12-7-5-6-11(8-12)9-15(16,17)18/h5-8H,3-4,9-10,19H2,1-2H3,(H,20,21). The van der Waals surface area contributed by atoms with Crippen LogP contribution in [0.25, 0.3) is 0 Å². The molecule has 3 nitrogen and oxygen atoms in total. The molecule has 0 atom stereocenters. The highest BCUT2D eigenvalue weighted by molar-refractivity contribution is 5.95. The first-order valence-corrected chi connectivity index (χ1v) is 6.93. The highest BCUT2D eigenvalue weighted by Gasteiger charge is 2.33. The van der Waals surface area contributed by atoms with Crippen molar-refractivity contribution in [3.8, 4) is 0 Å². The Bertz CT molecular complexity index is 474. The lowest BCUT2D eigenvalue weighted by Gasteiger charge is -2.28. The molecule has 0 fully saturated rings. The van der Waals surface area contributed by atoms with Crippen LogP contribution in [0.5, 0.6) is 0 Å². The predicted molar refractivity (Wildman–Crippen MR) is 76.9 cm³/mol. The molecule has 1 amide bonds. The van der Waals surface area contributed by atoms with E-state index in [2.05, 4.69) is 5.32 Å². The third-order valence-electron chi connectivity index (χ3n) is 3.82. The summed E-state index contributed by atoms with van der Waals surface area (Å²) < 4.78 is 37.2. The van der Waals surface area contributed by atoms with Crippen molar-refractivity contribution in [2.45, 2.75) is 39.3 Å². The number of nitrogens with one attached hydrogen (secondary N) is 1. The number of nitrogens with two attached hydrogens (primary N) is 1. The van der Waals surface area contributed by atoms with Crippen molar-refractivity contribution in [2.75, 3.05) is 11.9 Å². The maximum Gasteiger partial charge on any atom is 0.393 e. The van der Waals surface area contributed by atoms with Crippen molar-refractivity contribution < 1.29 is 18.0 Å². The van der Waals surface area contributed by atoms with E-state index in [9.17, 15) is 18.0 Å². The van der Waals surface area contributed by atoms with Crippen LogP contribution in [0.15, 0.2) is 24.3 Å². The molecule has 1 aromatic carbocycles. The lowest BCUT2D eigenvalue weighted by molar-refractivity contribution is -0.127. The Morgan fingerprint density at radius 3 is 2.33 bits per heavy atom. The number of alkyl halides is 3. The van der Waals surface area contributed by atoms with Crippen LogP contribution >= 0.6 is 0 Å². The molecule has 0 saturated heterocycles. The Balaban J connectivity index is 2.88. The largest absolute Gasteiger partial charge is 0.393 e. The number of amides is 1. The average Bonchev–Trinajstić information content (AvgIpc) is 2.40. The minimum Gasteiger partial charge on any atom is -0.329 e. The third-order valence-corrected chi connectivity index (χ3v) is 3.82. The van der Waals surface area contributed by atoms with Gasteiger partial charge in [-0.2, -0.15) is 13.2 Å². The van der Waals surface area contributed by atoms with E-state index in [0.717, 1.165) is 0 Å². The van der Waals surface area contributed by atoms with Gasteiger partial charge in [0.05, 0.1) is 11.8 Å². The van der Waals surface area contributed by atoms with E-state index >= 15 is 0 Å². The number of carbonyl (C=O) groups is 1. The summed E-state index contributed by atoms with van der Waals surface area (Å²) in [5.41, 5.74) is 5.49. The molecular weight excluding hydrogens is 281 g/mol. The highest BCUT2D eigenvalue weighted by atomic mass is 19.4. The molecule has 0 heterocycles. The van der Waals surface area contributed by atoms with Crippen molar-refractivity contribution in [2.24, 2.45) is 11.1 Å². The highest BCUT2D eigenvalue weighted by Crippen LogP contribution is 2.28. The quantitative estimate of drug-likeness (QED) is 0.845. The van der Waals surface area contributed by atoms with Gasteiger partial charge in [-0.1, -0.05) is 26.0 Å². The Hall–Kier alpha value is -1.56. The summed E-state index contributed by atoms with van der Waals surface area (Å²) in [7, 11) is 0. The molecule has 1 rings (SSSR count). The Morgan fingerprint density at radius 1 is 1.24 bits per heavy atom. The zero-order valence-electron chi connectivity index (χ0n) is 12.3. The number of carbonyl (C=O) groups excluding carboxylic acids is 1. The number of hydrogen-bond donors (Lipinski definition) is 2. The van der Waals surface area contributed by atoms with Gasteiger partial charge in [-0.15, -0.1) is 0 Å². The van der Waals surface area contributed by atoms with Crippen molar-refractivity contribution in [1.29, 1.82) is 0 Å². The fourth-order valence-corrected chi connectivity index (χ4v) is 2.21. The predicted octanol–water partition coefficient (Wildman–Crippen LogP) is 3.50. The number of benzene rings is 1. The smallest absolute Gasteiger partial charge is 0.329 e. The number of halogens is 3. The first-order valence-electron chi connectivity index (χ1n) is 6.93. The van der Waals surface area contributed by atoms with E-state index in [1.165, 1.54) is 18.2 Å². The van der Waals surface area contributed by atoms with E-state index in [-0.39, 0.29) is 18.0 Å². The van der Waals surface area contributed by atoms with Crippen molar-refractivity contribution in [3.63, 3.8) is 0 Å². The van der Waals surface area contributed by atoms with Crippen molar-refractivity contribution in [3.05, 3.63) is 29.8 Å². The van der Waals surface area contributed by atoms with Gasteiger partial charge in [0.25, 0.3) is 0 Å². The summed E-state index contributed by atoms with van der Waals surface area (Å²) >= 11 is 0. The van der Waals surface area contributed by atoms with Gasteiger partial charge >= 0.3 is 6.18 Å². The molecule has 0 unspecified atom stereocenters. The Kier molecular flexibility index (Phi) is 5.78. The maximum atomic E-state index is 12.4. The second-order valence-corrected chi connectivity index (χ2v) is 5.14. The molecule has 21 heavy (non-hydrogen) atoms. The van der Waals surface area contributed by atoms with Gasteiger partial charge in [0.1, 0.15) is 0 Å². The lowest BCUT2D eigenvalue weighted by atomic mass is 9.81. The molecule has 0 aromatic heterocycles. The molecule has 118 valence electrons. The van der Waals surface area contributed by atoms with Crippen LogP contribution in [0.3, 0.4) is 0 Å². The van der Waals surface area contributed by atoms with Crippen LogP contribution in [-0.4, -0.2) is 18.6 Å². The number of anilines is 1. The summed E-state index contributed by atoms with van der Waals surface area (Å²) in [5.74, 6) is -0.251. The SMILES string of the molecule is CCC(CC)(CN)C(=O)Nc1cccc(CC(F)(F)F)c1. The fraction of sp³-hybridized carbons (Fsp3) is 0.533. The molecule has 0 aliphatic carbocycles. The van der Waals surface area contributed by atoms with Crippen LogP contribution in [0, 0.1) is 5.41 Å². The lowest BCUT2D eigenvalue weighted by Crippen LogP contribution is -2.41. The maximum absolute atomic E-state index is 12.4. The van der Waals surface area contributed by atoms with Gasteiger partial charge in [-0.05, 0) is 30.5 Å². The summed E-state index contributed by atoms with van der Waals surface area (Å²) in [6.45, 7) is 3.94. The third kappa shape index (κ3) is 4.74. The van der Waals surface area contributed by atoms with Gasteiger partial charge in [-0.3, -0.25) is 4.79 Å². The van der Waals surface area contributed by atoms with Gasteiger partial charge in [0.15, 0.2) is 0 Å². The number of rotatable bonds is 6. The van der Waals surface area contributed by atoms with Crippen LogP contribution in [0.2, 0.25) is 0 Å². The van der Waals surface area contributed by atoms with Crippen LogP contribution in [-0.2, 0) is 11.2 Å². The Labute approximate surface area is 122 Å². The van der Waals surface area contributed by atoms with E-state index in [0.29, 0.717) is 18.5 Å². The van der Waals surface area contributed by atoms with Gasteiger partial charge in [0, 0.05) is 12.2 Å². The second kappa shape index (κ2) is 6.93. The van der Waals surface area contributed by atoms with Gasteiger partial charge < -0.3 is 11.1 Å². The molecule has 0 bridgehead atoms. The van der Waals surface area contributed by atoms with Gasteiger partial charge in [0.2, 0.25) is 5.91 Å². The summed E-state index contributed by atoms with van der Waals surface area (Å²) in [6.07, 6.45) is -4.13. The molecule has 0 aliphatic heterocycles. The van der Waals surface area contributed by atoms with Crippen LogP contribution < -0.4 is 11.1 Å². The molecule has 3 N–H and O–H groups in total. The number of hydrogen-bond acceptors (Lipinski definition) is 2. The van der Waals surface area contributed by atoms with Crippen molar-refractivity contribution >= 4 is 11.6 Å². The Morgan fingerprint density at radius 2 is 1.86 bits per heavy atom. The minimum absolute atomic E-state index is 0.117. The van der Waals surface area contributed by atoms with Crippen LogP contribution in [0.4, 0.5) is 18.9 Å². The second-order valence-electron chi connectivity index (χ2n) is 5.14. The fourth-order valence-electron chi connectivity index (χ4n) is 2.21. The summed E-state index contributed by atoms with van der Waals surface area (Å²) in [5, 5.41) is 2.68. The van der Waals surface area contributed by atoms with E-state index in [1.807, 2.05) is 13.8 Å². The molecule has 6 heteroatoms. The first kappa shape index (κ1) is 17.5. The summed E-state index contributed by atoms with van der Waals surface area (Å²) in [4.78, 5) is 12.3. The molecule has 0 spiro atoms. The molecule has 1 aromatic rings. The molecule has 0 radical (unpaired) electrons. The monoisotopic (exact) mass is 302 g/mol. The molecule has 0 saturated carbocycles. The zero-order valence-corrected chi connectivity index (χ0v) is 12.3. The zero-order chi connectivity index (χ0) is 16.1. The summed E-state index contributed by atoms with van der Waals surface area (Å²) in [6, 6.07) is 5.81.